The SMILES string of the molecule is CCC[C@@H](NC(=O)N1C(C)CCCC1C)C(=O)O. The van der Waals surface area contributed by atoms with Gasteiger partial charge in [0.25, 0.3) is 0 Å². The Bertz CT molecular complexity index is 297. The molecule has 1 saturated heterocycles. The molecule has 2 unspecified atom stereocenters. The zero-order chi connectivity index (χ0) is 13.7. The molecule has 1 fully saturated rings. The summed E-state index contributed by atoms with van der Waals surface area (Å²) in [6.45, 7) is 5.95. The van der Waals surface area contributed by atoms with E-state index in [1.54, 1.807) is 4.90 Å². The molecule has 0 saturated carbocycles. The lowest BCUT2D eigenvalue weighted by Gasteiger charge is -2.39. The van der Waals surface area contributed by atoms with Crippen LogP contribution in [-0.2, 0) is 4.79 Å². The second kappa shape index (κ2) is 6.61. The number of aliphatic carboxylic acids is 1. The molecule has 2 N–H and O–H groups in total. The van der Waals surface area contributed by atoms with Gasteiger partial charge in [0, 0.05) is 12.1 Å². The van der Waals surface area contributed by atoms with E-state index in [4.69, 9.17) is 5.11 Å². The molecular weight excluding hydrogens is 232 g/mol. The van der Waals surface area contributed by atoms with Crippen LogP contribution in [0.5, 0.6) is 0 Å². The second-order valence-electron chi connectivity index (χ2n) is 5.17. The van der Waals surface area contributed by atoms with E-state index in [1.807, 2.05) is 20.8 Å². The van der Waals surface area contributed by atoms with Gasteiger partial charge in [-0.1, -0.05) is 13.3 Å². The molecule has 1 heterocycles. The molecule has 1 aliphatic rings. The van der Waals surface area contributed by atoms with E-state index in [-0.39, 0.29) is 18.1 Å². The fraction of sp³-hybridized carbons (Fsp3) is 0.846. The van der Waals surface area contributed by atoms with Crippen molar-refractivity contribution in [3.8, 4) is 0 Å². The molecular formula is C13H24N2O3. The van der Waals surface area contributed by atoms with Gasteiger partial charge in [-0.2, -0.15) is 0 Å². The summed E-state index contributed by atoms with van der Waals surface area (Å²) in [7, 11) is 0. The number of carboxylic acids is 1. The minimum absolute atomic E-state index is 0.185. The lowest BCUT2D eigenvalue weighted by Crippen LogP contribution is -2.55. The zero-order valence-corrected chi connectivity index (χ0v) is 11.5. The smallest absolute Gasteiger partial charge is 0.326 e. The summed E-state index contributed by atoms with van der Waals surface area (Å²) in [5.41, 5.74) is 0. The van der Waals surface area contributed by atoms with Crippen LogP contribution < -0.4 is 5.32 Å². The monoisotopic (exact) mass is 256 g/mol. The van der Waals surface area contributed by atoms with Crippen LogP contribution in [0.3, 0.4) is 0 Å². The van der Waals surface area contributed by atoms with Gasteiger partial charge in [-0.3, -0.25) is 0 Å². The molecule has 104 valence electrons. The number of amides is 2. The molecule has 1 rings (SSSR count). The zero-order valence-electron chi connectivity index (χ0n) is 11.5. The molecule has 0 aliphatic carbocycles. The molecule has 0 bridgehead atoms. The minimum atomic E-state index is -0.956. The van der Waals surface area contributed by atoms with Gasteiger partial charge in [0.05, 0.1) is 0 Å². The number of piperidine rings is 1. The van der Waals surface area contributed by atoms with Crippen LogP contribution in [0.25, 0.3) is 0 Å². The largest absolute Gasteiger partial charge is 0.480 e. The van der Waals surface area contributed by atoms with Crippen molar-refractivity contribution in [1.82, 2.24) is 10.2 Å². The summed E-state index contributed by atoms with van der Waals surface area (Å²) >= 11 is 0. The number of carbonyl (C=O) groups excluding carboxylic acids is 1. The Labute approximate surface area is 109 Å². The van der Waals surface area contributed by atoms with Gasteiger partial charge >= 0.3 is 12.0 Å². The number of hydrogen-bond acceptors (Lipinski definition) is 2. The maximum atomic E-state index is 12.2. The highest BCUT2D eigenvalue weighted by Gasteiger charge is 2.31. The molecule has 5 heteroatoms. The van der Waals surface area contributed by atoms with Gasteiger partial charge < -0.3 is 15.3 Å². The molecule has 5 nitrogen and oxygen atoms in total. The van der Waals surface area contributed by atoms with Crippen molar-refractivity contribution in [2.75, 3.05) is 0 Å². The number of hydrogen-bond donors (Lipinski definition) is 2. The second-order valence-corrected chi connectivity index (χ2v) is 5.17. The van der Waals surface area contributed by atoms with Crippen LogP contribution in [0, 0.1) is 0 Å². The number of likely N-dealkylation sites (tertiary alicyclic amines) is 1. The topological polar surface area (TPSA) is 69.6 Å². The maximum Gasteiger partial charge on any atom is 0.326 e. The number of carbonyl (C=O) groups is 2. The first-order valence-corrected chi connectivity index (χ1v) is 6.79. The third kappa shape index (κ3) is 3.62. The van der Waals surface area contributed by atoms with E-state index in [0.717, 1.165) is 25.7 Å². The first-order valence-electron chi connectivity index (χ1n) is 6.79. The van der Waals surface area contributed by atoms with Crippen LogP contribution in [0.1, 0.15) is 52.9 Å². The molecule has 0 aromatic rings. The van der Waals surface area contributed by atoms with Crippen LogP contribution in [0.4, 0.5) is 4.79 Å². The fourth-order valence-electron chi connectivity index (χ4n) is 2.59. The number of nitrogens with zero attached hydrogens (tertiary/aromatic N) is 1. The third-order valence-corrected chi connectivity index (χ3v) is 3.60. The average Bonchev–Trinajstić information content (AvgIpc) is 2.28. The van der Waals surface area contributed by atoms with E-state index >= 15 is 0 Å². The van der Waals surface area contributed by atoms with Crippen molar-refractivity contribution in [2.45, 2.75) is 71.0 Å². The van der Waals surface area contributed by atoms with Gasteiger partial charge in [-0.15, -0.1) is 0 Å². The quantitative estimate of drug-likeness (QED) is 0.810. The first kappa shape index (κ1) is 14.8. The Kier molecular flexibility index (Phi) is 5.44. The molecule has 3 atom stereocenters. The highest BCUT2D eigenvalue weighted by molar-refractivity contribution is 5.82. The van der Waals surface area contributed by atoms with E-state index in [2.05, 4.69) is 5.32 Å². The molecule has 2 amide bonds. The number of urea groups is 1. The predicted molar refractivity (Wildman–Crippen MR) is 69.5 cm³/mol. The third-order valence-electron chi connectivity index (χ3n) is 3.60. The molecule has 1 aliphatic heterocycles. The van der Waals surface area contributed by atoms with Crippen molar-refractivity contribution in [2.24, 2.45) is 0 Å². The van der Waals surface area contributed by atoms with Crippen LogP contribution in [-0.4, -0.2) is 40.1 Å². The molecule has 0 radical (unpaired) electrons. The number of nitrogens with one attached hydrogen (secondary N) is 1. The Hall–Kier alpha value is -1.26. The minimum Gasteiger partial charge on any atom is -0.480 e. The number of rotatable bonds is 4. The van der Waals surface area contributed by atoms with Crippen LogP contribution >= 0.6 is 0 Å². The predicted octanol–water partition coefficient (Wildman–Crippen LogP) is 2.21. The summed E-state index contributed by atoms with van der Waals surface area (Å²) in [5.74, 6) is -0.956. The normalized spacial score (nSPS) is 25.6. The Morgan fingerprint density at radius 2 is 1.89 bits per heavy atom. The van der Waals surface area contributed by atoms with Gasteiger partial charge in [-0.05, 0) is 39.5 Å². The van der Waals surface area contributed by atoms with Gasteiger partial charge in [0.1, 0.15) is 6.04 Å². The summed E-state index contributed by atoms with van der Waals surface area (Å²) in [5, 5.41) is 11.7. The van der Waals surface area contributed by atoms with Crippen molar-refractivity contribution in [3.05, 3.63) is 0 Å². The summed E-state index contributed by atoms with van der Waals surface area (Å²) < 4.78 is 0. The molecule has 18 heavy (non-hydrogen) atoms. The maximum absolute atomic E-state index is 12.2. The van der Waals surface area contributed by atoms with Crippen molar-refractivity contribution in [1.29, 1.82) is 0 Å². The number of carboxylic acid groups (broad SMARTS) is 1. The van der Waals surface area contributed by atoms with E-state index in [1.165, 1.54) is 0 Å². The lowest BCUT2D eigenvalue weighted by molar-refractivity contribution is -0.139. The van der Waals surface area contributed by atoms with Crippen molar-refractivity contribution in [3.63, 3.8) is 0 Å². The standard InChI is InChI=1S/C13H24N2O3/c1-4-6-11(12(16)17)14-13(18)15-9(2)7-5-8-10(15)3/h9-11H,4-8H2,1-3H3,(H,14,18)(H,16,17)/t9?,10?,11-/m1/s1. The average molecular weight is 256 g/mol. The van der Waals surface area contributed by atoms with Gasteiger partial charge in [-0.25, -0.2) is 9.59 Å². The molecule has 0 aromatic heterocycles. The van der Waals surface area contributed by atoms with Crippen LogP contribution in [0.2, 0.25) is 0 Å². The molecule has 0 spiro atoms. The Balaban J connectivity index is 2.64. The highest BCUT2D eigenvalue weighted by atomic mass is 16.4. The highest BCUT2D eigenvalue weighted by Crippen LogP contribution is 2.22. The van der Waals surface area contributed by atoms with E-state index in [9.17, 15) is 9.59 Å². The molecule has 0 aromatic carbocycles. The summed E-state index contributed by atoms with van der Waals surface area (Å²) in [6.07, 6.45) is 4.32. The van der Waals surface area contributed by atoms with E-state index in [0.29, 0.717) is 6.42 Å². The van der Waals surface area contributed by atoms with E-state index < -0.39 is 12.0 Å². The fourth-order valence-corrected chi connectivity index (χ4v) is 2.59. The Morgan fingerprint density at radius 1 is 1.33 bits per heavy atom. The van der Waals surface area contributed by atoms with Crippen molar-refractivity contribution < 1.29 is 14.7 Å². The lowest BCUT2D eigenvalue weighted by atomic mass is 9.98. The van der Waals surface area contributed by atoms with Gasteiger partial charge in [0.15, 0.2) is 0 Å². The summed E-state index contributed by atoms with van der Waals surface area (Å²) in [6, 6.07) is -0.644. The van der Waals surface area contributed by atoms with Gasteiger partial charge in [0.2, 0.25) is 0 Å². The van der Waals surface area contributed by atoms with Crippen molar-refractivity contribution >= 4 is 12.0 Å². The Morgan fingerprint density at radius 3 is 2.33 bits per heavy atom. The van der Waals surface area contributed by atoms with Crippen LogP contribution in [0.15, 0.2) is 0 Å². The first-order chi connectivity index (χ1) is 8.47. The summed E-state index contributed by atoms with van der Waals surface area (Å²) in [4.78, 5) is 25.0.